The fourth-order valence-corrected chi connectivity index (χ4v) is 1.92. The molecule has 0 atom stereocenters. The maximum Gasteiger partial charge on any atom is 0.188 e. The first kappa shape index (κ1) is 13.5. The number of aryl methyl sites for hydroxylation is 2. The molecular formula is C15H20O2. The number of carbonyl (C=O) groups is 1. The Balaban J connectivity index is 3.24. The van der Waals surface area contributed by atoms with Gasteiger partial charge in [0.05, 0.1) is 7.11 Å². The molecule has 1 aromatic rings. The summed E-state index contributed by atoms with van der Waals surface area (Å²) < 4.78 is 5.25. The van der Waals surface area contributed by atoms with Gasteiger partial charge in [0.25, 0.3) is 0 Å². The first-order chi connectivity index (χ1) is 8.04. The Morgan fingerprint density at radius 3 is 2.41 bits per heavy atom. The second-order valence-electron chi connectivity index (χ2n) is 4.13. The van der Waals surface area contributed by atoms with E-state index >= 15 is 0 Å². The average Bonchev–Trinajstić information content (AvgIpc) is 2.32. The van der Waals surface area contributed by atoms with Crippen molar-refractivity contribution < 1.29 is 9.53 Å². The summed E-state index contributed by atoms with van der Waals surface area (Å²) in [6, 6.07) is 3.83. The molecule has 0 N–H and O–H groups in total. The highest BCUT2D eigenvalue weighted by Gasteiger charge is 2.14. The van der Waals surface area contributed by atoms with Crippen molar-refractivity contribution in [2.45, 2.75) is 34.1 Å². The van der Waals surface area contributed by atoms with Crippen LogP contribution in [0.25, 0.3) is 0 Å². The van der Waals surface area contributed by atoms with E-state index in [9.17, 15) is 4.79 Å². The molecule has 0 bridgehead atoms. The van der Waals surface area contributed by atoms with Crippen molar-refractivity contribution in [3.8, 4) is 5.75 Å². The molecule has 0 aromatic heterocycles. The van der Waals surface area contributed by atoms with Gasteiger partial charge in [-0.3, -0.25) is 4.79 Å². The Labute approximate surface area is 103 Å². The zero-order valence-electron chi connectivity index (χ0n) is 11.3. The number of benzene rings is 1. The number of methoxy groups -OCH3 is 1. The number of ketones is 1. The maximum atomic E-state index is 12.3. The molecule has 0 fully saturated rings. The van der Waals surface area contributed by atoms with Crippen LogP contribution in [0.1, 0.15) is 41.8 Å². The minimum atomic E-state index is 0.123. The van der Waals surface area contributed by atoms with Crippen molar-refractivity contribution in [1.82, 2.24) is 0 Å². The van der Waals surface area contributed by atoms with Gasteiger partial charge in [-0.25, -0.2) is 0 Å². The van der Waals surface area contributed by atoms with Gasteiger partial charge >= 0.3 is 0 Å². The van der Waals surface area contributed by atoms with Crippen LogP contribution in [0.15, 0.2) is 23.8 Å². The topological polar surface area (TPSA) is 26.3 Å². The van der Waals surface area contributed by atoms with Crippen LogP contribution in [0.5, 0.6) is 5.75 Å². The molecule has 92 valence electrons. The molecular weight excluding hydrogens is 212 g/mol. The van der Waals surface area contributed by atoms with Crippen molar-refractivity contribution in [2.75, 3.05) is 7.11 Å². The summed E-state index contributed by atoms with van der Waals surface area (Å²) in [5.41, 5.74) is 3.59. The molecule has 0 aliphatic carbocycles. The van der Waals surface area contributed by atoms with Gasteiger partial charge in [0, 0.05) is 5.56 Å². The molecule has 1 rings (SSSR count). The van der Waals surface area contributed by atoms with Crippen LogP contribution in [0.4, 0.5) is 0 Å². The molecule has 0 aliphatic heterocycles. The predicted octanol–water partition coefficient (Wildman–Crippen LogP) is 3.85. The second kappa shape index (κ2) is 5.67. The number of ether oxygens (including phenoxy) is 1. The van der Waals surface area contributed by atoms with Gasteiger partial charge in [-0.1, -0.05) is 13.0 Å². The lowest BCUT2D eigenvalue weighted by Crippen LogP contribution is -2.06. The van der Waals surface area contributed by atoms with E-state index in [1.165, 1.54) is 0 Å². The van der Waals surface area contributed by atoms with Crippen molar-refractivity contribution in [2.24, 2.45) is 0 Å². The van der Waals surface area contributed by atoms with Crippen LogP contribution >= 0.6 is 0 Å². The minimum absolute atomic E-state index is 0.123. The molecule has 0 saturated heterocycles. The number of Topliss-reactive ketones (excluding diaryl/α,β-unsaturated/α-hetero) is 1. The summed E-state index contributed by atoms with van der Waals surface area (Å²) in [5, 5.41) is 0. The van der Waals surface area contributed by atoms with Gasteiger partial charge in [0.1, 0.15) is 5.75 Å². The van der Waals surface area contributed by atoms with E-state index < -0.39 is 0 Å². The third-order valence-electron chi connectivity index (χ3n) is 3.01. The maximum absolute atomic E-state index is 12.3. The van der Waals surface area contributed by atoms with Crippen LogP contribution in [0, 0.1) is 13.8 Å². The quantitative estimate of drug-likeness (QED) is 0.582. The Kier molecular flexibility index (Phi) is 4.50. The van der Waals surface area contributed by atoms with E-state index in [-0.39, 0.29) is 5.78 Å². The highest BCUT2D eigenvalue weighted by molar-refractivity contribution is 6.09. The molecule has 1 aromatic carbocycles. The molecule has 0 aliphatic rings. The van der Waals surface area contributed by atoms with Gasteiger partial charge in [-0.05, 0) is 56.0 Å². The van der Waals surface area contributed by atoms with Crippen molar-refractivity contribution >= 4 is 5.78 Å². The molecule has 0 heterocycles. The van der Waals surface area contributed by atoms with Crippen molar-refractivity contribution in [3.63, 3.8) is 0 Å². The molecule has 2 nitrogen and oxygen atoms in total. The lowest BCUT2D eigenvalue weighted by atomic mass is 9.95. The third kappa shape index (κ3) is 2.76. The van der Waals surface area contributed by atoms with E-state index in [1.807, 2.05) is 45.9 Å². The lowest BCUT2D eigenvalue weighted by Gasteiger charge is -2.11. The van der Waals surface area contributed by atoms with E-state index in [1.54, 1.807) is 7.11 Å². The van der Waals surface area contributed by atoms with Crippen LogP contribution in [0.2, 0.25) is 0 Å². The highest BCUT2D eigenvalue weighted by atomic mass is 16.5. The molecule has 0 unspecified atom stereocenters. The summed E-state index contributed by atoms with van der Waals surface area (Å²) in [5.74, 6) is 0.954. The molecule has 17 heavy (non-hydrogen) atoms. The van der Waals surface area contributed by atoms with Crippen molar-refractivity contribution in [1.29, 1.82) is 0 Å². The Morgan fingerprint density at radius 1 is 1.29 bits per heavy atom. The molecule has 0 spiro atoms. The monoisotopic (exact) mass is 232 g/mol. The zero-order chi connectivity index (χ0) is 13.0. The Hall–Kier alpha value is -1.57. The fraction of sp³-hybridized carbons (Fsp3) is 0.400. The normalized spacial score (nSPS) is 11.5. The Bertz CT molecular complexity index is 456. The van der Waals surface area contributed by atoms with Gasteiger partial charge in [0.2, 0.25) is 0 Å². The predicted molar refractivity (Wildman–Crippen MR) is 70.8 cm³/mol. The van der Waals surface area contributed by atoms with Gasteiger partial charge < -0.3 is 4.74 Å². The minimum Gasteiger partial charge on any atom is -0.496 e. The zero-order valence-corrected chi connectivity index (χ0v) is 11.3. The molecule has 2 heteroatoms. The number of carbonyl (C=O) groups excluding carboxylic acids is 1. The average molecular weight is 232 g/mol. The lowest BCUT2D eigenvalue weighted by molar-refractivity contribution is 0.103. The summed E-state index contributed by atoms with van der Waals surface area (Å²) in [7, 11) is 1.65. The molecule has 0 radical (unpaired) electrons. The van der Waals surface area contributed by atoms with Gasteiger partial charge in [-0.2, -0.15) is 0 Å². The first-order valence-corrected chi connectivity index (χ1v) is 5.90. The molecule has 0 amide bonds. The number of hydrogen-bond donors (Lipinski definition) is 0. The van der Waals surface area contributed by atoms with Gasteiger partial charge in [-0.15, -0.1) is 0 Å². The van der Waals surface area contributed by atoms with Gasteiger partial charge in [0.15, 0.2) is 5.78 Å². The van der Waals surface area contributed by atoms with Crippen LogP contribution < -0.4 is 4.74 Å². The molecule has 0 saturated carbocycles. The smallest absolute Gasteiger partial charge is 0.188 e. The first-order valence-electron chi connectivity index (χ1n) is 5.90. The van der Waals surface area contributed by atoms with Crippen LogP contribution in [-0.2, 0) is 0 Å². The second-order valence-corrected chi connectivity index (χ2v) is 4.13. The standard InChI is InChI=1S/C15H20O2/c1-6-12(7-2)15(16)13-8-11(4)14(17-5)9-10(13)3/h6,8-9H,7H2,1-5H3/b12-6-. The largest absolute Gasteiger partial charge is 0.496 e. The van der Waals surface area contributed by atoms with E-state index in [0.29, 0.717) is 0 Å². The highest BCUT2D eigenvalue weighted by Crippen LogP contribution is 2.24. The van der Waals surface area contributed by atoms with Crippen LogP contribution in [-0.4, -0.2) is 12.9 Å². The fourth-order valence-electron chi connectivity index (χ4n) is 1.92. The number of rotatable bonds is 4. The number of hydrogen-bond acceptors (Lipinski definition) is 2. The summed E-state index contributed by atoms with van der Waals surface area (Å²) in [6.07, 6.45) is 2.65. The van der Waals surface area contributed by atoms with Crippen LogP contribution in [0.3, 0.4) is 0 Å². The van der Waals surface area contributed by atoms with Crippen molar-refractivity contribution in [3.05, 3.63) is 40.5 Å². The summed E-state index contributed by atoms with van der Waals surface area (Å²) in [6.45, 7) is 7.80. The summed E-state index contributed by atoms with van der Waals surface area (Å²) >= 11 is 0. The number of allylic oxidation sites excluding steroid dienone is 2. The SMILES string of the molecule is C/C=C(/CC)C(=O)c1cc(C)c(OC)cc1C. The summed E-state index contributed by atoms with van der Waals surface area (Å²) in [4.78, 5) is 12.3. The van der Waals surface area contributed by atoms with E-state index in [2.05, 4.69) is 0 Å². The third-order valence-corrected chi connectivity index (χ3v) is 3.01. The Morgan fingerprint density at radius 2 is 1.94 bits per heavy atom. The van der Waals surface area contributed by atoms with E-state index in [0.717, 1.165) is 34.4 Å². The van der Waals surface area contributed by atoms with E-state index in [4.69, 9.17) is 4.74 Å².